The van der Waals surface area contributed by atoms with E-state index in [1.807, 2.05) is 95.6 Å². The average molecular weight is 422 g/mol. The van der Waals surface area contributed by atoms with Crippen LogP contribution >= 0.6 is 0 Å². The number of nitrogens with one attached hydrogen (secondary N) is 2. The minimum absolute atomic E-state index is 0.493. The van der Waals surface area contributed by atoms with Crippen molar-refractivity contribution in [2.75, 3.05) is 23.8 Å². The van der Waals surface area contributed by atoms with Crippen LogP contribution in [0.4, 0.5) is 17.5 Å². The Labute approximate surface area is 185 Å². The van der Waals surface area contributed by atoms with Gasteiger partial charge in [-0.15, -0.1) is 0 Å². The molecule has 0 aliphatic rings. The molecule has 0 spiro atoms. The Hall–Kier alpha value is -4.39. The number of anilines is 3. The molecule has 7 heteroatoms. The predicted octanol–water partition coefficient (Wildman–Crippen LogP) is 5.05. The lowest BCUT2D eigenvalue weighted by molar-refractivity contribution is 0.333. The van der Waals surface area contributed by atoms with Gasteiger partial charge in [-0.3, -0.25) is 4.57 Å². The number of fused-ring (bicyclic) bond motifs is 1. The highest BCUT2D eigenvalue weighted by Gasteiger charge is 2.14. The number of hydrogen-bond acceptors (Lipinski definition) is 6. The van der Waals surface area contributed by atoms with Crippen molar-refractivity contribution in [2.45, 2.75) is 0 Å². The van der Waals surface area contributed by atoms with E-state index in [-0.39, 0.29) is 0 Å². The van der Waals surface area contributed by atoms with Gasteiger partial charge in [0.1, 0.15) is 18.7 Å². The van der Waals surface area contributed by atoms with Crippen molar-refractivity contribution in [3.63, 3.8) is 0 Å². The van der Waals surface area contributed by atoms with Crippen LogP contribution in [-0.4, -0.2) is 32.7 Å². The normalized spacial score (nSPS) is 10.8. The number of ether oxygens (including phenoxy) is 1. The lowest BCUT2D eigenvalue weighted by atomic mass is 10.3. The van der Waals surface area contributed by atoms with Crippen LogP contribution in [0, 0.1) is 0 Å². The lowest BCUT2D eigenvalue weighted by Gasteiger charge is -2.11. The first-order valence-corrected chi connectivity index (χ1v) is 10.4. The van der Waals surface area contributed by atoms with Crippen LogP contribution in [0.15, 0.2) is 97.3 Å². The van der Waals surface area contributed by atoms with Crippen molar-refractivity contribution < 1.29 is 4.74 Å². The van der Waals surface area contributed by atoms with Crippen LogP contribution in [0.1, 0.15) is 0 Å². The van der Waals surface area contributed by atoms with Gasteiger partial charge in [-0.25, -0.2) is 4.98 Å². The van der Waals surface area contributed by atoms with Crippen molar-refractivity contribution in [2.24, 2.45) is 0 Å². The van der Waals surface area contributed by atoms with Crippen molar-refractivity contribution in [3.05, 3.63) is 97.3 Å². The third-order valence-corrected chi connectivity index (χ3v) is 4.87. The highest BCUT2D eigenvalue weighted by atomic mass is 16.5. The maximum Gasteiger partial charge on any atom is 0.231 e. The molecular formula is C25H22N6O. The largest absolute Gasteiger partial charge is 0.492 e. The molecular weight excluding hydrogens is 400 g/mol. The third kappa shape index (κ3) is 4.37. The summed E-state index contributed by atoms with van der Waals surface area (Å²) >= 11 is 0. The summed E-state index contributed by atoms with van der Waals surface area (Å²) in [5.41, 5.74) is 3.32. The van der Waals surface area contributed by atoms with Crippen molar-refractivity contribution in [1.29, 1.82) is 0 Å². The molecule has 0 fully saturated rings. The standard InChI is InChI=1S/C25H22N6O/c1-4-10-19(11-5-1)28-25-29-23(26-16-17-32-21-14-8-3-9-15-21)22-24(30-25)31(18-27-22)20-12-6-2-7-13-20/h1-15,18H,16-17H2,(H2,26,28,29,30). The third-order valence-electron chi connectivity index (χ3n) is 4.87. The van der Waals surface area contributed by atoms with Gasteiger partial charge in [0.05, 0.1) is 6.54 Å². The van der Waals surface area contributed by atoms with E-state index in [1.54, 1.807) is 6.33 Å². The van der Waals surface area contributed by atoms with Crippen molar-refractivity contribution >= 4 is 28.6 Å². The molecule has 158 valence electrons. The fourth-order valence-electron chi connectivity index (χ4n) is 3.36. The second kappa shape index (κ2) is 9.18. The van der Waals surface area contributed by atoms with E-state index in [1.165, 1.54) is 0 Å². The summed E-state index contributed by atoms with van der Waals surface area (Å²) in [7, 11) is 0. The highest BCUT2D eigenvalue weighted by Crippen LogP contribution is 2.25. The Morgan fingerprint density at radius 1 is 0.781 bits per heavy atom. The molecule has 5 rings (SSSR count). The van der Waals surface area contributed by atoms with Gasteiger partial charge in [0.2, 0.25) is 5.95 Å². The van der Waals surface area contributed by atoms with Crippen LogP contribution in [0.5, 0.6) is 5.75 Å². The molecule has 0 amide bonds. The Kier molecular flexibility index (Phi) is 5.61. The smallest absolute Gasteiger partial charge is 0.231 e. The van der Waals surface area contributed by atoms with E-state index in [9.17, 15) is 0 Å². The number of imidazole rings is 1. The maximum atomic E-state index is 5.79. The molecule has 0 bridgehead atoms. The Morgan fingerprint density at radius 2 is 1.47 bits per heavy atom. The summed E-state index contributed by atoms with van der Waals surface area (Å²) in [6.45, 7) is 1.07. The molecule has 0 saturated carbocycles. The molecule has 0 saturated heterocycles. The molecule has 2 aromatic heterocycles. The van der Waals surface area contributed by atoms with E-state index in [0.717, 1.165) is 22.8 Å². The molecule has 2 N–H and O–H groups in total. The van der Waals surface area contributed by atoms with E-state index >= 15 is 0 Å². The molecule has 7 nitrogen and oxygen atoms in total. The quantitative estimate of drug-likeness (QED) is 0.341. The molecule has 0 unspecified atom stereocenters. The molecule has 0 radical (unpaired) electrons. The molecule has 2 heterocycles. The molecule has 3 aromatic carbocycles. The Morgan fingerprint density at radius 3 is 2.22 bits per heavy atom. The fourth-order valence-corrected chi connectivity index (χ4v) is 3.36. The van der Waals surface area contributed by atoms with Crippen LogP contribution in [0.2, 0.25) is 0 Å². The first kappa shape index (κ1) is 19.6. The molecule has 5 aromatic rings. The second-order valence-electron chi connectivity index (χ2n) is 7.10. The minimum Gasteiger partial charge on any atom is -0.492 e. The second-order valence-corrected chi connectivity index (χ2v) is 7.10. The van der Waals surface area contributed by atoms with Crippen LogP contribution < -0.4 is 15.4 Å². The topological polar surface area (TPSA) is 76.9 Å². The predicted molar refractivity (Wildman–Crippen MR) is 127 cm³/mol. The number of hydrogen-bond donors (Lipinski definition) is 2. The van der Waals surface area contributed by atoms with E-state index in [4.69, 9.17) is 9.72 Å². The van der Waals surface area contributed by atoms with Gasteiger partial charge in [0, 0.05) is 11.4 Å². The zero-order valence-corrected chi connectivity index (χ0v) is 17.3. The Bertz CT molecular complexity index is 1290. The van der Waals surface area contributed by atoms with E-state index in [2.05, 4.69) is 20.6 Å². The fraction of sp³-hybridized carbons (Fsp3) is 0.0800. The van der Waals surface area contributed by atoms with Gasteiger partial charge in [-0.2, -0.15) is 9.97 Å². The number of benzene rings is 3. The van der Waals surface area contributed by atoms with Gasteiger partial charge in [-0.1, -0.05) is 54.6 Å². The summed E-state index contributed by atoms with van der Waals surface area (Å²) in [6.07, 6.45) is 1.77. The minimum atomic E-state index is 0.493. The van der Waals surface area contributed by atoms with E-state index < -0.39 is 0 Å². The molecule has 0 aliphatic heterocycles. The van der Waals surface area contributed by atoms with Crippen LogP contribution in [0.25, 0.3) is 16.9 Å². The summed E-state index contributed by atoms with van der Waals surface area (Å²) in [5.74, 6) is 1.98. The summed E-state index contributed by atoms with van der Waals surface area (Å²) in [5, 5.41) is 6.64. The zero-order chi connectivity index (χ0) is 21.6. The molecule has 32 heavy (non-hydrogen) atoms. The van der Waals surface area contributed by atoms with Crippen LogP contribution in [0.3, 0.4) is 0 Å². The van der Waals surface area contributed by atoms with Crippen molar-refractivity contribution in [1.82, 2.24) is 19.5 Å². The van der Waals surface area contributed by atoms with E-state index in [0.29, 0.717) is 30.4 Å². The first-order valence-electron chi connectivity index (χ1n) is 10.4. The van der Waals surface area contributed by atoms with Gasteiger partial charge in [0.15, 0.2) is 17.0 Å². The SMILES string of the molecule is c1ccc(Nc2nc(NCCOc3ccccc3)c3ncn(-c4ccccc4)c3n2)cc1. The lowest BCUT2D eigenvalue weighted by Crippen LogP contribution is -2.13. The molecule has 0 atom stereocenters. The molecule has 0 aliphatic carbocycles. The Balaban J connectivity index is 1.44. The first-order chi connectivity index (χ1) is 15.9. The number of nitrogens with zero attached hydrogens (tertiary/aromatic N) is 4. The monoisotopic (exact) mass is 422 g/mol. The van der Waals surface area contributed by atoms with Crippen LogP contribution in [-0.2, 0) is 0 Å². The zero-order valence-electron chi connectivity index (χ0n) is 17.3. The average Bonchev–Trinajstić information content (AvgIpc) is 3.28. The summed E-state index contributed by atoms with van der Waals surface area (Å²) in [4.78, 5) is 14.0. The summed E-state index contributed by atoms with van der Waals surface area (Å²) in [6, 6.07) is 29.6. The van der Waals surface area contributed by atoms with Gasteiger partial charge < -0.3 is 15.4 Å². The maximum absolute atomic E-state index is 5.79. The number of rotatable bonds is 8. The van der Waals surface area contributed by atoms with Gasteiger partial charge >= 0.3 is 0 Å². The summed E-state index contributed by atoms with van der Waals surface area (Å²) < 4.78 is 7.75. The highest BCUT2D eigenvalue weighted by molar-refractivity contribution is 5.85. The van der Waals surface area contributed by atoms with Crippen molar-refractivity contribution in [3.8, 4) is 11.4 Å². The number of para-hydroxylation sites is 3. The number of aromatic nitrogens is 4. The van der Waals surface area contributed by atoms with Gasteiger partial charge in [-0.05, 0) is 36.4 Å². The van der Waals surface area contributed by atoms with Gasteiger partial charge in [0.25, 0.3) is 0 Å².